The Morgan fingerprint density at radius 2 is 1.82 bits per heavy atom. The summed E-state index contributed by atoms with van der Waals surface area (Å²) in [6.45, 7) is 13.7. The molecule has 0 aliphatic heterocycles. The molecular formula is C37H50F3N5O3S2. The van der Waals surface area contributed by atoms with Crippen molar-refractivity contribution >= 4 is 45.3 Å². The molecule has 0 saturated heterocycles. The first kappa shape index (κ1) is 39.7. The summed E-state index contributed by atoms with van der Waals surface area (Å²) in [6, 6.07) is 9.76. The first-order chi connectivity index (χ1) is 23.8. The molecule has 0 spiro atoms. The van der Waals surface area contributed by atoms with Crippen LogP contribution in [0.3, 0.4) is 0 Å². The lowest BCUT2D eigenvalue weighted by Crippen LogP contribution is -2.27. The molecule has 2 aliphatic carbocycles. The first-order valence-corrected chi connectivity index (χ1v) is 18.6. The number of thiazole rings is 1. The Hall–Kier alpha value is -3.13. The average Bonchev–Trinajstić information content (AvgIpc) is 4.00. The lowest BCUT2D eigenvalue weighted by Gasteiger charge is -2.16. The minimum atomic E-state index is -4.42. The summed E-state index contributed by atoms with van der Waals surface area (Å²) in [5.41, 5.74) is 1.94. The fraction of sp³-hybridized carbons (Fsp3) is 0.541. The largest absolute Gasteiger partial charge is 0.489 e. The number of nitrogens with zero attached hydrogens (tertiary/aromatic N) is 3. The molecule has 2 heterocycles. The SMILES string of the molecule is CCC(CC)NCc1c(-c2ccccc2C(F)(F)F)noc1C1CC1.CCN(C)c1nc2c(OC(C)C)cc(C(=O)C3(C)CC3)cc2s1.NS. The molecule has 2 aromatic carbocycles. The molecule has 2 saturated carbocycles. The second-order valence-corrected chi connectivity index (χ2v) is 14.5. The van der Waals surface area contributed by atoms with E-state index in [0.29, 0.717) is 18.3 Å². The summed E-state index contributed by atoms with van der Waals surface area (Å²) in [5.74, 6) is 1.98. The number of fused-ring (bicyclic) bond motifs is 1. The van der Waals surface area contributed by atoms with Crippen molar-refractivity contribution < 1.29 is 27.2 Å². The molecule has 274 valence electrons. The lowest BCUT2D eigenvalue weighted by atomic mass is 9.96. The smallest absolute Gasteiger partial charge is 0.417 e. The molecule has 0 radical (unpaired) electrons. The maximum atomic E-state index is 13.4. The maximum absolute atomic E-state index is 13.4. The minimum absolute atomic E-state index is 0.0501. The van der Waals surface area contributed by atoms with E-state index in [0.717, 1.165) is 89.1 Å². The highest BCUT2D eigenvalue weighted by Gasteiger charge is 2.45. The number of anilines is 1. The molecule has 2 aromatic heterocycles. The molecule has 2 aliphatic rings. The van der Waals surface area contributed by atoms with Crippen LogP contribution in [-0.4, -0.2) is 41.7 Å². The number of carbonyl (C=O) groups excluding carboxylic acids is 1. The summed E-state index contributed by atoms with van der Waals surface area (Å²) in [4.78, 5) is 19.6. The van der Waals surface area contributed by atoms with Gasteiger partial charge >= 0.3 is 6.18 Å². The van der Waals surface area contributed by atoms with Gasteiger partial charge in [0, 0.05) is 54.2 Å². The van der Waals surface area contributed by atoms with Crippen molar-refractivity contribution in [3.05, 3.63) is 58.8 Å². The van der Waals surface area contributed by atoms with Crippen LogP contribution in [0.2, 0.25) is 0 Å². The van der Waals surface area contributed by atoms with Gasteiger partial charge in [-0.05, 0) is 77.5 Å². The van der Waals surface area contributed by atoms with Crippen LogP contribution in [0.5, 0.6) is 5.75 Å². The number of ketones is 1. The number of alkyl halides is 3. The third-order valence-corrected chi connectivity index (χ3v) is 10.3. The normalized spacial score (nSPS) is 15.0. The Bertz CT molecular complexity index is 1730. The Morgan fingerprint density at radius 3 is 2.38 bits per heavy atom. The number of rotatable bonds is 13. The first-order valence-electron chi connectivity index (χ1n) is 17.3. The van der Waals surface area contributed by atoms with Gasteiger partial charge in [-0.15, -0.1) is 12.8 Å². The fourth-order valence-corrected chi connectivity index (χ4v) is 6.70. The number of benzene rings is 2. The molecule has 13 heteroatoms. The molecule has 0 bridgehead atoms. The number of hydrogen-bond acceptors (Lipinski definition) is 10. The van der Waals surface area contributed by atoms with Crippen molar-refractivity contribution in [1.82, 2.24) is 15.5 Å². The van der Waals surface area contributed by atoms with E-state index in [1.165, 1.54) is 12.1 Å². The lowest BCUT2D eigenvalue weighted by molar-refractivity contribution is -0.137. The van der Waals surface area contributed by atoms with Gasteiger partial charge in [0.2, 0.25) is 0 Å². The molecule has 3 N–H and O–H groups in total. The van der Waals surface area contributed by atoms with Crippen LogP contribution >= 0.6 is 24.2 Å². The van der Waals surface area contributed by atoms with E-state index in [1.54, 1.807) is 17.4 Å². The van der Waals surface area contributed by atoms with Crippen LogP contribution in [0.1, 0.15) is 113 Å². The van der Waals surface area contributed by atoms with E-state index < -0.39 is 11.7 Å². The molecule has 8 nitrogen and oxygen atoms in total. The molecule has 0 atom stereocenters. The van der Waals surface area contributed by atoms with Gasteiger partial charge in [0.25, 0.3) is 0 Å². The summed E-state index contributed by atoms with van der Waals surface area (Å²) in [5, 5.41) is 12.6. The standard InChI is InChI=1S/C19H23F3N2O.C18H24N2O2S.H3NS/c1-3-13(4-2)23-11-15-17(24-25-18(15)12-9-10-12)14-7-5-6-8-16(14)19(20,21)22;1-6-20(5)17-19-15-13(22-11(2)3)9-12(10-14(15)23-17)16(21)18(4)7-8-18;1-2/h5-8,12-13,23H,3-4,9-11H2,1-2H3;9-11H,6-8H2,1-5H3;2H,1H2. The Labute approximate surface area is 302 Å². The highest BCUT2D eigenvalue weighted by Crippen LogP contribution is 2.49. The zero-order valence-electron chi connectivity index (χ0n) is 30.0. The van der Waals surface area contributed by atoms with Crippen LogP contribution in [0.25, 0.3) is 21.5 Å². The van der Waals surface area contributed by atoms with E-state index in [9.17, 15) is 18.0 Å². The van der Waals surface area contributed by atoms with Crippen molar-refractivity contribution in [2.45, 2.75) is 111 Å². The van der Waals surface area contributed by atoms with E-state index >= 15 is 0 Å². The predicted molar refractivity (Wildman–Crippen MR) is 199 cm³/mol. The van der Waals surface area contributed by atoms with Crippen molar-refractivity contribution in [3.63, 3.8) is 0 Å². The summed E-state index contributed by atoms with van der Waals surface area (Å²) in [7, 11) is 2.03. The third kappa shape index (κ3) is 9.40. The Balaban J connectivity index is 0.000000215. The van der Waals surface area contributed by atoms with Crippen LogP contribution < -0.4 is 20.1 Å². The third-order valence-electron chi connectivity index (χ3n) is 9.23. The average molecular weight is 734 g/mol. The molecule has 0 amide bonds. The number of Topliss-reactive ketones (excluding diaryl/α,β-unsaturated/α-hetero) is 1. The minimum Gasteiger partial charge on any atom is -0.489 e. The monoisotopic (exact) mass is 733 g/mol. The van der Waals surface area contributed by atoms with Crippen molar-refractivity contribution in [2.75, 3.05) is 18.5 Å². The van der Waals surface area contributed by atoms with Crippen LogP contribution in [0.4, 0.5) is 18.3 Å². The number of nitrogens with two attached hydrogens (primary N) is 1. The number of hydrogen-bond donors (Lipinski definition) is 3. The van der Waals surface area contributed by atoms with Gasteiger partial charge in [0.05, 0.1) is 16.4 Å². The summed E-state index contributed by atoms with van der Waals surface area (Å²) in [6.07, 6.45) is 1.54. The second kappa shape index (κ2) is 16.9. The van der Waals surface area contributed by atoms with Gasteiger partial charge < -0.3 is 19.5 Å². The van der Waals surface area contributed by atoms with E-state index in [2.05, 4.69) is 54.1 Å². The molecule has 4 aromatic rings. The summed E-state index contributed by atoms with van der Waals surface area (Å²) >= 11 is 4.64. The van der Waals surface area contributed by atoms with Crippen LogP contribution in [0.15, 0.2) is 40.9 Å². The highest BCUT2D eigenvalue weighted by atomic mass is 32.1. The molecule has 0 unspecified atom stereocenters. The topological polar surface area (TPSA) is 107 Å². The van der Waals surface area contributed by atoms with Crippen molar-refractivity contribution in [2.24, 2.45) is 10.6 Å². The van der Waals surface area contributed by atoms with Gasteiger partial charge in [0.15, 0.2) is 10.9 Å². The molecule has 50 heavy (non-hydrogen) atoms. The Kier molecular flexibility index (Phi) is 13.4. The van der Waals surface area contributed by atoms with E-state index in [4.69, 9.17) is 14.2 Å². The number of aromatic nitrogens is 2. The number of thiol groups is 1. The number of halogens is 3. The zero-order chi connectivity index (χ0) is 36.8. The highest BCUT2D eigenvalue weighted by molar-refractivity contribution is 7.77. The van der Waals surface area contributed by atoms with Gasteiger partial charge in [-0.3, -0.25) is 9.93 Å². The van der Waals surface area contributed by atoms with Crippen molar-refractivity contribution in [1.29, 1.82) is 0 Å². The van der Waals surface area contributed by atoms with Gasteiger partial charge in [-0.1, -0.05) is 55.5 Å². The van der Waals surface area contributed by atoms with Crippen LogP contribution in [0, 0.1) is 5.41 Å². The maximum Gasteiger partial charge on any atom is 0.417 e. The number of carbonyl (C=O) groups is 1. The van der Waals surface area contributed by atoms with Crippen molar-refractivity contribution in [3.8, 4) is 17.0 Å². The zero-order valence-corrected chi connectivity index (χ0v) is 31.7. The van der Waals surface area contributed by atoms with E-state index in [1.807, 2.05) is 40.0 Å². The number of nitrogens with one attached hydrogen (secondary N) is 1. The fourth-order valence-electron chi connectivity index (χ4n) is 5.65. The molecule has 2 fully saturated rings. The van der Waals surface area contributed by atoms with Gasteiger partial charge in [-0.2, -0.15) is 13.2 Å². The Morgan fingerprint density at radius 1 is 1.16 bits per heavy atom. The summed E-state index contributed by atoms with van der Waals surface area (Å²) < 4.78 is 52.6. The second-order valence-electron chi connectivity index (χ2n) is 13.5. The van der Waals surface area contributed by atoms with Gasteiger partial charge in [-0.25, -0.2) is 4.98 Å². The molecular weight excluding hydrogens is 684 g/mol. The molecule has 6 rings (SSSR count). The number of ether oxygens (including phenoxy) is 1. The van der Waals surface area contributed by atoms with E-state index in [-0.39, 0.29) is 28.8 Å². The van der Waals surface area contributed by atoms with Gasteiger partial charge in [0.1, 0.15) is 22.7 Å². The van der Waals surface area contributed by atoms with Crippen LogP contribution in [-0.2, 0) is 12.7 Å². The quantitative estimate of drug-likeness (QED) is 0.0922. The predicted octanol–water partition coefficient (Wildman–Crippen LogP) is 9.83.